The predicted molar refractivity (Wildman–Crippen MR) is 116 cm³/mol. The van der Waals surface area contributed by atoms with Gasteiger partial charge in [-0.3, -0.25) is 9.69 Å². The van der Waals surface area contributed by atoms with Crippen LogP contribution in [-0.4, -0.2) is 50.1 Å². The van der Waals surface area contributed by atoms with E-state index in [4.69, 9.17) is 0 Å². The van der Waals surface area contributed by atoms with Crippen LogP contribution < -0.4 is 15.5 Å². The number of hydrogen-bond donors (Lipinski definition) is 2. The second kappa shape index (κ2) is 9.92. The van der Waals surface area contributed by atoms with Crippen LogP contribution >= 0.6 is 12.4 Å². The van der Waals surface area contributed by atoms with Gasteiger partial charge < -0.3 is 15.5 Å². The molecule has 5 nitrogen and oxygen atoms in total. The number of nitrogens with one attached hydrogen (secondary N) is 2. The third-order valence-electron chi connectivity index (χ3n) is 5.61. The first-order valence-electron chi connectivity index (χ1n) is 9.87. The second-order valence-corrected chi connectivity index (χ2v) is 7.44. The topological polar surface area (TPSA) is 47.6 Å². The SMILES string of the molecule is Cl.O=C(NCc1ccccc1CN1CCN(c2ccccc2)CC1)C1CNC1. The lowest BCUT2D eigenvalue weighted by Gasteiger charge is -2.36. The number of piperazine rings is 1. The molecule has 2 aliphatic heterocycles. The number of hydrogen-bond acceptors (Lipinski definition) is 4. The number of anilines is 1. The maximum atomic E-state index is 12.1. The molecule has 6 heteroatoms. The fraction of sp³-hybridized carbons (Fsp3) is 0.409. The van der Waals surface area contributed by atoms with Gasteiger partial charge in [0.1, 0.15) is 0 Å². The summed E-state index contributed by atoms with van der Waals surface area (Å²) in [6.45, 7) is 7.40. The Morgan fingerprint density at radius 2 is 1.57 bits per heavy atom. The van der Waals surface area contributed by atoms with Crippen LogP contribution in [0.1, 0.15) is 11.1 Å². The van der Waals surface area contributed by atoms with Crippen molar-refractivity contribution in [3.8, 4) is 0 Å². The zero-order valence-electron chi connectivity index (χ0n) is 16.1. The molecular formula is C22H29ClN4O. The molecule has 0 radical (unpaired) electrons. The molecule has 2 N–H and O–H groups in total. The summed E-state index contributed by atoms with van der Waals surface area (Å²) in [6, 6.07) is 19.1. The Balaban J connectivity index is 0.00000225. The second-order valence-electron chi connectivity index (χ2n) is 7.44. The molecule has 2 saturated heterocycles. The molecule has 150 valence electrons. The Hall–Kier alpha value is -2.08. The highest BCUT2D eigenvalue weighted by atomic mass is 35.5. The van der Waals surface area contributed by atoms with Crippen LogP contribution in [0.4, 0.5) is 5.69 Å². The summed E-state index contributed by atoms with van der Waals surface area (Å²) in [7, 11) is 0. The van der Waals surface area contributed by atoms with E-state index in [1.54, 1.807) is 0 Å². The third kappa shape index (κ3) is 5.04. The minimum absolute atomic E-state index is 0. The van der Waals surface area contributed by atoms with Crippen molar-refractivity contribution in [2.75, 3.05) is 44.2 Å². The van der Waals surface area contributed by atoms with Gasteiger partial charge in [-0.25, -0.2) is 0 Å². The first-order chi connectivity index (χ1) is 13.3. The third-order valence-corrected chi connectivity index (χ3v) is 5.61. The standard InChI is InChI=1S/C22H28N4O.ClH/c27-22(20-14-23-15-20)24-16-18-6-4-5-7-19(18)17-25-10-12-26(13-11-25)21-8-2-1-3-9-21;/h1-9,20,23H,10-17H2,(H,24,27);1H. The maximum absolute atomic E-state index is 12.1. The van der Waals surface area contributed by atoms with Crippen molar-refractivity contribution >= 4 is 24.0 Å². The number of amides is 1. The monoisotopic (exact) mass is 400 g/mol. The minimum Gasteiger partial charge on any atom is -0.369 e. The molecule has 0 unspecified atom stereocenters. The fourth-order valence-corrected chi connectivity index (χ4v) is 3.73. The Kier molecular flexibility index (Phi) is 7.31. The number of para-hydroxylation sites is 1. The van der Waals surface area contributed by atoms with Crippen LogP contribution in [0.25, 0.3) is 0 Å². The molecule has 2 aromatic rings. The highest BCUT2D eigenvalue weighted by molar-refractivity contribution is 5.85. The molecule has 0 aliphatic carbocycles. The molecule has 2 aromatic carbocycles. The lowest BCUT2D eigenvalue weighted by atomic mass is 10.0. The summed E-state index contributed by atoms with van der Waals surface area (Å²) < 4.78 is 0. The summed E-state index contributed by atoms with van der Waals surface area (Å²) in [5.74, 6) is 0.309. The molecule has 1 amide bonds. The largest absolute Gasteiger partial charge is 0.369 e. The molecule has 2 heterocycles. The van der Waals surface area contributed by atoms with Gasteiger partial charge in [-0.2, -0.15) is 0 Å². The van der Waals surface area contributed by atoms with E-state index in [0.717, 1.165) is 45.8 Å². The number of carbonyl (C=O) groups excluding carboxylic acids is 1. The lowest BCUT2D eigenvalue weighted by molar-refractivity contribution is -0.126. The minimum atomic E-state index is 0. The van der Waals surface area contributed by atoms with Crippen molar-refractivity contribution in [3.05, 3.63) is 65.7 Å². The average Bonchev–Trinajstić information content (AvgIpc) is 2.67. The Bertz CT molecular complexity index is 758. The number of rotatable bonds is 6. The van der Waals surface area contributed by atoms with Crippen molar-refractivity contribution in [3.63, 3.8) is 0 Å². The summed E-state index contributed by atoms with van der Waals surface area (Å²) in [6.07, 6.45) is 0. The van der Waals surface area contributed by atoms with Crippen LogP contribution in [-0.2, 0) is 17.9 Å². The van der Waals surface area contributed by atoms with Gasteiger partial charge in [-0.05, 0) is 23.3 Å². The number of carbonyl (C=O) groups is 1. The van der Waals surface area contributed by atoms with E-state index in [2.05, 4.69) is 75.0 Å². The molecule has 2 aliphatic rings. The smallest absolute Gasteiger partial charge is 0.225 e. The first-order valence-corrected chi connectivity index (χ1v) is 9.87. The molecule has 4 rings (SSSR count). The number of nitrogens with zero attached hydrogens (tertiary/aromatic N) is 2. The average molecular weight is 401 g/mol. The summed E-state index contributed by atoms with van der Waals surface area (Å²) in [5.41, 5.74) is 3.85. The fourth-order valence-electron chi connectivity index (χ4n) is 3.73. The van der Waals surface area contributed by atoms with Gasteiger partial charge in [0.2, 0.25) is 5.91 Å². The van der Waals surface area contributed by atoms with Gasteiger partial charge in [0.05, 0.1) is 5.92 Å². The van der Waals surface area contributed by atoms with Crippen molar-refractivity contribution in [1.82, 2.24) is 15.5 Å². The lowest BCUT2D eigenvalue weighted by Crippen LogP contribution is -2.50. The van der Waals surface area contributed by atoms with E-state index in [0.29, 0.717) is 6.54 Å². The normalized spacial score (nSPS) is 17.5. The Labute approximate surface area is 173 Å². The van der Waals surface area contributed by atoms with Crippen LogP contribution in [0.3, 0.4) is 0 Å². The zero-order valence-corrected chi connectivity index (χ0v) is 17.0. The molecule has 0 saturated carbocycles. The van der Waals surface area contributed by atoms with E-state index in [-0.39, 0.29) is 24.2 Å². The van der Waals surface area contributed by atoms with Gasteiger partial charge in [-0.15, -0.1) is 12.4 Å². The molecule has 0 bridgehead atoms. The quantitative estimate of drug-likeness (QED) is 0.781. The van der Waals surface area contributed by atoms with Gasteiger partial charge >= 0.3 is 0 Å². The first kappa shape index (κ1) is 20.6. The van der Waals surface area contributed by atoms with E-state index in [1.807, 2.05) is 0 Å². The zero-order chi connectivity index (χ0) is 18.5. The molecule has 2 fully saturated rings. The van der Waals surface area contributed by atoms with Gasteiger partial charge in [0.15, 0.2) is 0 Å². The predicted octanol–water partition coefficient (Wildman–Crippen LogP) is 2.27. The van der Waals surface area contributed by atoms with Crippen LogP contribution in [0.5, 0.6) is 0 Å². The van der Waals surface area contributed by atoms with Crippen LogP contribution in [0, 0.1) is 5.92 Å². The van der Waals surface area contributed by atoms with Crippen LogP contribution in [0.2, 0.25) is 0 Å². The summed E-state index contributed by atoms with van der Waals surface area (Å²) >= 11 is 0. The van der Waals surface area contributed by atoms with E-state index >= 15 is 0 Å². The van der Waals surface area contributed by atoms with E-state index in [1.165, 1.54) is 16.8 Å². The van der Waals surface area contributed by atoms with Gasteiger partial charge in [-0.1, -0.05) is 42.5 Å². The summed E-state index contributed by atoms with van der Waals surface area (Å²) in [5, 5.41) is 6.25. The van der Waals surface area contributed by atoms with Gasteiger partial charge in [0, 0.05) is 58.0 Å². The Morgan fingerprint density at radius 3 is 2.21 bits per heavy atom. The highest BCUT2D eigenvalue weighted by Gasteiger charge is 2.24. The highest BCUT2D eigenvalue weighted by Crippen LogP contribution is 2.18. The molecular weight excluding hydrogens is 372 g/mol. The van der Waals surface area contributed by atoms with Crippen molar-refractivity contribution in [1.29, 1.82) is 0 Å². The number of benzene rings is 2. The molecule has 0 atom stereocenters. The Morgan fingerprint density at radius 1 is 0.929 bits per heavy atom. The molecule has 0 spiro atoms. The molecule has 0 aromatic heterocycles. The molecule has 28 heavy (non-hydrogen) atoms. The summed E-state index contributed by atoms with van der Waals surface area (Å²) in [4.78, 5) is 17.1. The van der Waals surface area contributed by atoms with Gasteiger partial charge in [0.25, 0.3) is 0 Å². The maximum Gasteiger partial charge on any atom is 0.225 e. The van der Waals surface area contributed by atoms with E-state index < -0.39 is 0 Å². The van der Waals surface area contributed by atoms with Crippen molar-refractivity contribution < 1.29 is 4.79 Å². The van der Waals surface area contributed by atoms with Crippen molar-refractivity contribution in [2.24, 2.45) is 5.92 Å². The van der Waals surface area contributed by atoms with E-state index in [9.17, 15) is 4.79 Å². The number of halogens is 1. The van der Waals surface area contributed by atoms with Crippen LogP contribution in [0.15, 0.2) is 54.6 Å². The van der Waals surface area contributed by atoms with Crippen molar-refractivity contribution in [2.45, 2.75) is 13.1 Å².